The zero-order chi connectivity index (χ0) is 27.3. The number of nitrogens with one attached hydrogen (secondary N) is 1. The van der Waals surface area contributed by atoms with Crippen molar-refractivity contribution in [3.63, 3.8) is 0 Å². The van der Waals surface area contributed by atoms with Gasteiger partial charge in [-0.25, -0.2) is 4.79 Å². The van der Waals surface area contributed by atoms with Crippen molar-refractivity contribution in [1.82, 2.24) is 14.8 Å². The van der Waals surface area contributed by atoms with Crippen LogP contribution in [0.5, 0.6) is 5.75 Å². The van der Waals surface area contributed by atoms with Crippen LogP contribution in [0, 0.1) is 20.8 Å². The molecule has 3 rings (SSSR count). The van der Waals surface area contributed by atoms with Crippen molar-refractivity contribution >= 4 is 45.9 Å². The first kappa shape index (κ1) is 27.9. The van der Waals surface area contributed by atoms with E-state index in [0.29, 0.717) is 23.1 Å². The van der Waals surface area contributed by atoms with Crippen molar-refractivity contribution in [2.45, 2.75) is 45.5 Å². The number of anilines is 1. The van der Waals surface area contributed by atoms with Gasteiger partial charge in [0.15, 0.2) is 17.1 Å². The van der Waals surface area contributed by atoms with Gasteiger partial charge in [0.2, 0.25) is 5.91 Å². The Bertz CT molecular complexity index is 1330. The quantitative estimate of drug-likeness (QED) is 0.208. The van der Waals surface area contributed by atoms with Gasteiger partial charge >= 0.3 is 5.97 Å². The number of carbonyl (C=O) groups excluding carboxylic acids is 3. The van der Waals surface area contributed by atoms with Gasteiger partial charge in [0.1, 0.15) is 10.8 Å². The van der Waals surface area contributed by atoms with Crippen molar-refractivity contribution in [3.05, 3.63) is 63.8 Å². The van der Waals surface area contributed by atoms with Crippen molar-refractivity contribution in [1.29, 1.82) is 0 Å². The molecule has 12 heteroatoms. The van der Waals surface area contributed by atoms with Crippen molar-refractivity contribution < 1.29 is 23.9 Å². The minimum atomic E-state index is -0.690. The summed E-state index contributed by atoms with van der Waals surface area (Å²) in [5, 5.41) is 11.9. The predicted octanol–water partition coefficient (Wildman–Crippen LogP) is 4.21. The number of primary amides is 1. The van der Waals surface area contributed by atoms with E-state index in [4.69, 9.17) is 15.2 Å². The number of nitrogens with zero attached hydrogens (tertiary/aromatic N) is 3. The van der Waals surface area contributed by atoms with E-state index < -0.39 is 23.9 Å². The number of esters is 1. The fourth-order valence-electron chi connectivity index (χ4n) is 3.74. The van der Waals surface area contributed by atoms with Crippen LogP contribution >= 0.6 is 23.1 Å². The number of aromatic nitrogens is 3. The van der Waals surface area contributed by atoms with Crippen molar-refractivity contribution in [2.24, 2.45) is 5.73 Å². The molecule has 37 heavy (non-hydrogen) atoms. The topological polar surface area (TPSA) is 138 Å². The van der Waals surface area contributed by atoms with E-state index in [2.05, 4.69) is 28.2 Å². The first-order valence-electron chi connectivity index (χ1n) is 11.3. The number of benzene rings is 1. The van der Waals surface area contributed by atoms with Gasteiger partial charge in [-0.2, -0.15) is 0 Å². The Kier molecular flexibility index (Phi) is 9.11. The van der Waals surface area contributed by atoms with E-state index in [-0.39, 0.29) is 21.2 Å². The predicted molar refractivity (Wildman–Crippen MR) is 143 cm³/mol. The minimum Gasteiger partial charge on any atom is -0.483 e. The maximum absolute atomic E-state index is 12.8. The van der Waals surface area contributed by atoms with E-state index >= 15 is 0 Å². The number of rotatable bonds is 11. The van der Waals surface area contributed by atoms with Gasteiger partial charge in [0.05, 0.1) is 23.3 Å². The highest BCUT2D eigenvalue weighted by Gasteiger charge is 2.26. The van der Waals surface area contributed by atoms with Gasteiger partial charge in [0, 0.05) is 6.54 Å². The van der Waals surface area contributed by atoms with E-state index in [1.165, 1.54) is 18.9 Å². The molecule has 1 aromatic carbocycles. The molecule has 196 valence electrons. The fourth-order valence-corrected chi connectivity index (χ4v) is 5.56. The number of methoxy groups -OCH3 is 1. The average molecular weight is 544 g/mol. The molecule has 2 amide bonds. The molecule has 0 fully saturated rings. The van der Waals surface area contributed by atoms with Crippen LogP contribution in [0.4, 0.5) is 5.00 Å². The first-order valence-corrected chi connectivity index (χ1v) is 13.1. The number of thioether (sulfide) groups is 1. The average Bonchev–Trinajstić information content (AvgIpc) is 3.37. The van der Waals surface area contributed by atoms with Gasteiger partial charge in [-0.1, -0.05) is 23.9 Å². The summed E-state index contributed by atoms with van der Waals surface area (Å²) in [4.78, 5) is 36.9. The molecule has 0 saturated carbocycles. The van der Waals surface area contributed by atoms with Crippen LogP contribution in [0.25, 0.3) is 0 Å². The molecule has 1 atom stereocenters. The van der Waals surface area contributed by atoms with Crippen LogP contribution in [-0.4, -0.2) is 45.4 Å². The maximum Gasteiger partial charge on any atom is 0.341 e. The molecular weight excluding hydrogens is 514 g/mol. The summed E-state index contributed by atoms with van der Waals surface area (Å²) in [7, 11) is 1.22. The Labute approximate surface area is 223 Å². The molecule has 0 bridgehead atoms. The summed E-state index contributed by atoms with van der Waals surface area (Å²) in [5.74, 6) is -0.459. The largest absolute Gasteiger partial charge is 0.483 e. The van der Waals surface area contributed by atoms with Crippen LogP contribution in [0.15, 0.2) is 36.0 Å². The molecule has 3 N–H and O–H groups in total. The second kappa shape index (κ2) is 12.1. The summed E-state index contributed by atoms with van der Waals surface area (Å²) in [6, 6.07) is 5.98. The number of amides is 2. The number of nitrogens with two attached hydrogens (primary N) is 1. The third kappa shape index (κ3) is 6.57. The number of aryl methyl sites for hydroxylation is 2. The van der Waals surface area contributed by atoms with Crippen LogP contribution in [0.1, 0.15) is 55.6 Å². The highest BCUT2D eigenvalue weighted by atomic mass is 32.2. The molecule has 0 saturated heterocycles. The number of hydrogen-bond donors (Lipinski definition) is 2. The standard InChI is InChI=1S/C25H29N5O5S2/c1-7-8-30-22(16(5)35-17-10-13(2)9-14(3)11-17)28-29-25(30)36-12-18(31)27-23-19(24(33)34-6)15(4)20(37-23)21(26)32/h7,9-11,16H,1,8,12H2,2-6H3,(H2,26,32)(H,27,31). The van der Waals surface area contributed by atoms with Gasteiger partial charge < -0.3 is 20.5 Å². The lowest BCUT2D eigenvalue weighted by molar-refractivity contribution is -0.113. The van der Waals surface area contributed by atoms with Crippen LogP contribution < -0.4 is 15.8 Å². The Balaban J connectivity index is 1.75. The summed E-state index contributed by atoms with van der Waals surface area (Å²) in [5.41, 5.74) is 8.06. The third-order valence-electron chi connectivity index (χ3n) is 5.27. The SMILES string of the molecule is C=CCn1c(SCC(=O)Nc2sc(C(N)=O)c(C)c2C(=O)OC)nnc1C(C)Oc1cc(C)cc(C)c1. The zero-order valence-corrected chi connectivity index (χ0v) is 22.9. The Morgan fingerprint density at radius 3 is 2.49 bits per heavy atom. The Hall–Kier alpha value is -3.64. The summed E-state index contributed by atoms with van der Waals surface area (Å²) in [6.45, 7) is 11.7. The second-order valence-electron chi connectivity index (χ2n) is 8.28. The Morgan fingerprint density at radius 2 is 1.89 bits per heavy atom. The lowest BCUT2D eigenvalue weighted by Crippen LogP contribution is -2.17. The van der Waals surface area contributed by atoms with E-state index in [1.807, 2.05) is 37.5 Å². The van der Waals surface area contributed by atoms with Gasteiger partial charge in [-0.3, -0.25) is 14.2 Å². The van der Waals surface area contributed by atoms with Gasteiger partial charge in [0.25, 0.3) is 5.91 Å². The number of carbonyl (C=O) groups is 3. The highest BCUT2D eigenvalue weighted by molar-refractivity contribution is 7.99. The van der Waals surface area contributed by atoms with E-state index in [1.54, 1.807) is 13.0 Å². The molecule has 2 heterocycles. The number of hydrogen-bond acceptors (Lipinski definition) is 9. The van der Waals surface area contributed by atoms with Crippen LogP contribution in [0.3, 0.4) is 0 Å². The first-order chi connectivity index (χ1) is 17.5. The maximum atomic E-state index is 12.8. The zero-order valence-electron chi connectivity index (χ0n) is 21.3. The summed E-state index contributed by atoms with van der Waals surface area (Å²) >= 11 is 2.10. The molecule has 0 radical (unpaired) electrons. The molecule has 10 nitrogen and oxygen atoms in total. The molecule has 3 aromatic rings. The fraction of sp³-hybridized carbons (Fsp3) is 0.320. The van der Waals surface area contributed by atoms with Gasteiger partial charge in [-0.05, 0) is 56.5 Å². The Morgan fingerprint density at radius 1 is 1.22 bits per heavy atom. The smallest absolute Gasteiger partial charge is 0.341 e. The van der Waals surface area contributed by atoms with Crippen molar-refractivity contribution in [3.8, 4) is 5.75 Å². The van der Waals surface area contributed by atoms with Gasteiger partial charge in [-0.15, -0.1) is 28.1 Å². The van der Waals surface area contributed by atoms with E-state index in [0.717, 1.165) is 28.2 Å². The molecular formula is C25H29N5O5S2. The highest BCUT2D eigenvalue weighted by Crippen LogP contribution is 2.34. The lowest BCUT2D eigenvalue weighted by Gasteiger charge is -2.16. The van der Waals surface area contributed by atoms with Crippen LogP contribution in [-0.2, 0) is 16.1 Å². The third-order valence-corrected chi connectivity index (χ3v) is 7.46. The normalized spacial score (nSPS) is 11.6. The number of allylic oxidation sites excluding steroid dienone is 1. The summed E-state index contributed by atoms with van der Waals surface area (Å²) in [6.07, 6.45) is 1.31. The number of ether oxygens (including phenoxy) is 2. The van der Waals surface area contributed by atoms with Crippen LogP contribution in [0.2, 0.25) is 0 Å². The summed E-state index contributed by atoms with van der Waals surface area (Å²) < 4.78 is 12.8. The van der Waals surface area contributed by atoms with E-state index in [9.17, 15) is 14.4 Å². The second-order valence-corrected chi connectivity index (χ2v) is 10.2. The molecule has 2 aromatic heterocycles. The minimum absolute atomic E-state index is 0.0228. The monoisotopic (exact) mass is 543 g/mol. The van der Waals surface area contributed by atoms with Crippen molar-refractivity contribution in [2.75, 3.05) is 18.2 Å². The molecule has 0 aliphatic heterocycles. The molecule has 1 unspecified atom stereocenters. The molecule has 0 spiro atoms. The molecule has 0 aliphatic carbocycles. The number of thiophene rings is 1. The molecule has 0 aliphatic rings. The lowest BCUT2D eigenvalue weighted by atomic mass is 10.1.